The SMILES string of the molecule is COc1cc(Cl)c(C)cc1NC(=O)[C@@H](C)Sc1ccc(S(=O)(=O)N2CCOCC2)cn1. The Labute approximate surface area is 191 Å². The van der Waals surface area contributed by atoms with E-state index in [4.69, 9.17) is 21.1 Å². The van der Waals surface area contributed by atoms with Crippen LogP contribution in [0.4, 0.5) is 5.69 Å². The van der Waals surface area contributed by atoms with Gasteiger partial charge in [0.25, 0.3) is 0 Å². The van der Waals surface area contributed by atoms with E-state index < -0.39 is 15.3 Å². The lowest BCUT2D eigenvalue weighted by atomic mass is 10.2. The fourth-order valence-corrected chi connectivity index (χ4v) is 5.22. The number of anilines is 1. The maximum absolute atomic E-state index is 12.7. The Hall–Kier alpha value is -1.85. The highest BCUT2D eigenvalue weighted by molar-refractivity contribution is 8.00. The first-order chi connectivity index (χ1) is 14.7. The van der Waals surface area contributed by atoms with E-state index in [9.17, 15) is 13.2 Å². The predicted molar refractivity (Wildman–Crippen MR) is 121 cm³/mol. The van der Waals surface area contributed by atoms with E-state index in [0.29, 0.717) is 47.8 Å². The molecule has 1 aliphatic rings. The van der Waals surface area contributed by atoms with Crippen molar-refractivity contribution in [1.82, 2.24) is 9.29 Å². The fraction of sp³-hybridized carbons (Fsp3) is 0.400. The number of aryl methyl sites for hydroxylation is 1. The van der Waals surface area contributed by atoms with Gasteiger partial charge in [-0.15, -0.1) is 0 Å². The van der Waals surface area contributed by atoms with E-state index in [1.807, 2.05) is 6.92 Å². The summed E-state index contributed by atoms with van der Waals surface area (Å²) in [6.07, 6.45) is 1.32. The number of carbonyl (C=O) groups excluding carboxylic acids is 1. The van der Waals surface area contributed by atoms with Crippen molar-refractivity contribution in [3.8, 4) is 5.75 Å². The van der Waals surface area contributed by atoms with E-state index in [1.165, 1.54) is 35.4 Å². The number of hydrogen-bond acceptors (Lipinski definition) is 7. The summed E-state index contributed by atoms with van der Waals surface area (Å²) in [5, 5.41) is 3.46. The second kappa shape index (κ2) is 10.2. The van der Waals surface area contributed by atoms with Crippen LogP contribution < -0.4 is 10.1 Å². The van der Waals surface area contributed by atoms with Gasteiger partial charge in [0.15, 0.2) is 0 Å². The van der Waals surface area contributed by atoms with Crippen LogP contribution in [0, 0.1) is 6.92 Å². The van der Waals surface area contributed by atoms with Crippen LogP contribution in [0.25, 0.3) is 0 Å². The molecule has 0 unspecified atom stereocenters. The van der Waals surface area contributed by atoms with E-state index in [0.717, 1.165) is 5.56 Å². The van der Waals surface area contributed by atoms with Gasteiger partial charge in [-0.05, 0) is 37.6 Å². The summed E-state index contributed by atoms with van der Waals surface area (Å²) in [4.78, 5) is 17.0. The number of pyridine rings is 1. The number of thioether (sulfide) groups is 1. The number of amides is 1. The molecule has 1 fully saturated rings. The molecule has 1 aliphatic heterocycles. The van der Waals surface area contributed by atoms with Gasteiger partial charge >= 0.3 is 0 Å². The molecule has 1 saturated heterocycles. The number of ether oxygens (including phenoxy) is 2. The first kappa shape index (κ1) is 23.8. The molecular formula is C20H24ClN3O5S2. The molecule has 8 nitrogen and oxygen atoms in total. The number of methoxy groups -OCH3 is 1. The summed E-state index contributed by atoms with van der Waals surface area (Å²) >= 11 is 7.34. The summed E-state index contributed by atoms with van der Waals surface area (Å²) < 4.78 is 37.2. The van der Waals surface area contributed by atoms with Crippen LogP contribution in [-0.2, 0) is 19.6 Å². The van der Waals surface area contributed by atoms with Crippen LogP contribution in [0.15, 0.2) is 40.4 Å². The summed E-state index contributed by atoms with van der Waals surface area (Å²) in [5.74, 6) is 0.230. The summed E-state index contributed by atoms with van der Waals surface area (Å²) in [7, 11) is -2.10. The van der Waals surface area contributed by atoms with Crippen molar-refractivity contribution in [3.63, 3.8) is 0 Å². The first-order valence-corrected chi connectivity index (χ1v) is 12.3. The van der Waals surface area contributed by atoms with Crippen LogP contribution in [0.2, 0.25) is 5.02 Å². The van der Waals surface area contributed by atoms with E-state index >= 15 is 0 Å². The fourth-order valence-electron chi connectivity index (χ4n) is 2.92. The topological polar surface area (TPSA) is 97.8 Å². The maximum atomic E-state index is 12.7. The standard InChI is InChI=1S/C20H24ClN3O5S2/c1-13-10-17(18(28-3)11-16(13)21)23-20(25)14(2)30-19-5-4-15(12-22-19)31(26,27)24-6-8-29-9-7-24/h4-5,10-12,14H,6-9H2,1-3H3,(H,23,25)/t14-/m1/s1. The largest absolute Gasteiger partial charge is 0.495 e. The number of benzene rings is 1. The van der Waals surface area contributed by atoms with Crippen molar-refractivity contribution in [2.45, 2.75) is 29.0 Å². The van der Waals surface area contributed by atoms with Crippen LogP contribution in [0.1, 0.15) is 12.5 Å². The minimum Gasteiger partial charge on any atom is -0.495 e. The molecule has 31 heavy (non-hydrogen) atoms. The first-order valence-electron chi connectivity index (χ1n) is 9.58. The zero-order chi connectivity index (χ0) is 22.6. The van der Waals surface area contributed by atoms with Crippen molar-refractivity contribution in [3.05, 3.63) is 41.0 Å². The molecule has 0 spiro atoms. The number of sulfonamides is 1. The highest BCUT2D eigenvalue weighted by Crippen LogP contribution is 2.32. The molecule has 2 aromatic rings. The Morgan fingerprint density at radius 2 is 2.03 bits per heavy atom. The Balaban J connectivity index is 1.66. The number of nitrogens with one attached hydrogen (secondary N) is 1. The molecule has 1 amide bonds. The zero-order valence-corrected chi connectivity index (χ0v) is 19.8. The Morgan fingerprint density at radius 3 is 2.65 bits per heavy atom. The number of rotatable bonds is 7. The van der Waals surface area contributed by atoms with Crippen LogP contribution >= 0.6 is 23.4 Å². The number of aromatic nitrogens is 1. The molecule has 3 rings (SSSR count). The molecule has 11 heteroatoms. The van der Waals surface area contributed by atoms with Gasteiger partial charge in [0.05, 0.1) is 36.3 Å². The highest BCUT2D eigenvalue weighted by atomic mass is 35.5. The minimum atomic E-state index is -3.60. The predicted octanol–water partition coefficient (Wildman–Crippen LogP) is 3.19. The minimum absolute atomic E-state index is 0.122. The second-order valence-corrected chi connectivity index (χ2v) is 10.6. The average Bonchev–Trinajstić information content (AvgIpc) is 2.77. The van der Waals surface area contributed by atoms with Crippen molar-refractivity contribution in [2.75, 3.05) is 38.7 Å². The maximum Gasteiger partial charge on any atom is 0.244 e. The highest BCUT2D eigenvalue weighted by Gasteiger charge is 2.27. The molecule has 168 valence electrons. The van der Waals surface area contributed by atoms with Gasteiger partial charge in [0.1, 0.15) is 10.6 Å². The lowest BCUT2D eigenvalue weighted by Gasteiger charge is -2.25. The van der Waals surface area contributed by atoms with Crippen molar-refractivity contribution < 1.29 is 22.7 Å². The molecule has 0 bridgehead atoms. The third-order valence-corrected chi connectivity index (χ3v) is 8.06. The number of nitrogens with zero attached hydrogens (tertiary/aromatic N) is 2. The molecule has 1 aromatic carbocycles. The molecule has 2 heterocycles. The summed E-state index contributed by atoms with van der Waals surface area (Å²) in [6, 6.07) is 6.52. The van der Waals surface area contributed by atoms with Crippen LogP contribution in [0.5, 0.6) is 5.75 Å². The Morgan fingerprint density at radius 1 is 1.32 bits per heavy atom. The second-order valence-electron chi connectivity index (χ2n) is 6.90. The molecule has 1 aromatic heterocycles. The molecule has 0 saturated carbocycles. The number of halogens is 1. The van der Waals surface area contributed by atoms with Gasteiger partial charge < -0.3 is 14.8 Å². The number of carbonyl (C=O) groups is 1. The molecule has 0 radical (unpaired) electrons. The third-order valence-electron chi connectivity index (χ3n) is 4.72. The molecule has 0 aliphatic carbocycles. The van der Waals surface area contributed by atoms with Crippen LogP contribution in [0.3, 0.4) is 0 Å². The number of hydrogen-bond donors (Lipinski definition) is 1. The quantitative estimate of drug-likeness (QED) is 0.601. The van der Waals surface area contributed by atoms with Gasteiger partial charge in [0.2, 0.25) is 15.9 Å². The van der Waals surface area contributed by atoms with Crippen molar-refractivity contribution in [2.24, 2.45) is 0 Å². The van der Waals surface area contributed by atoms with Gasteiger partial charge in [-0.25, -0.2) is 13.4 Å². The monoisotopic (exact) mass is 485 g/mol. The van der Waals surface area contributed by atoms with E-state index in [2.05, 4.69) is 10.3 Å². The van der Waals surface area contributed by atoms with Gasteiger partial charge in [-0.2, -0.15) is 4.31 Å². The van der Waals surface area contributed by atoms with Gasteiger partial charge in [0, 0.05) is 30.4 Å². The average molecular weight is 486 g/mol. The molecule has 1 atom stereocenters. The van der Waals surface area contributed by atoms with Crippen molar-refractivity contribution in [1.29, 1.82) is 0 Å². The van der Waals surface area contributed by atoms with E-state index in [1.54, 1.807) is 25.1 Å². The smallest absolute Gasteiger partial charge is 0.244 e. The lowest BCUT2D eigenvalue weighted by Crippen LogP contribution is -2.40. The summed E-state index contributed by atoms with van der Waals surface area (Å²) in [6.45, 7) is 4.99. The van der Waals surface area contributed by atoms with Crippen molar-refractivity contribution >= 4 is 45.0 Å². The van der Waals surface area contributed by atoms with Crippen LogP contribution in [-0.4, -0.2) is 62.3 Å². The van der Waals surface area contributed by atoms with Gasteiger partial charge in [-0.3, -0.25) is 4.79 Å². The third kappa shape index (κ3) is 5.69. The van der Waals surface area contributed by atoms with E-state index in [-0.39, 0.29) is 10.8 Å². The number of morpholine rings is 1. The normalized spacial score (nSPS) is 16.0. The Kier molecular flexibility index (Phi) is 7.82. The lowest BCUT2D eigenvalue weighted by molar-refractivity contribution is -0.115. The molecule has 1 N–H and O–H groups in total. The Bertz CT molecular complexity index is 1040. The summed E-state index contributed by atoms with van der Waals surface area (Å²) in [5.41, 5.74) is 1.35. The van der Waals surface area contributed by atoms with Gasteiger partial charge in [-0.1, -0.05) is 23.4 Å². The molecular weight excluding hydrogens is 462 g/mol. The zero-order valence-electron chi connectivity index (χ0n) is 17.4.